The topological polar surface area (TPSA) is 77.6 Å². The average molecular weight is 427 g/mol. The Morgan fingerprint density at radius 3 is 2.50 bits per heavy atom. The van der Waals surface area contributed by atoms with Crippen molar-refractivity contribution in [1.82, 2.24) is 20.5 Å². The van der Waals surface area contributed by atoms with Crippen molar-refractivity contribution in [2.45, 2.75) is 51.4 Å². The second-order valence-corrected chi connectivity index (χ2v) is 8.04. The summed E-state index contributed by atoms with van der Waals surface area (Å²) in [5.74, 6) is 0.875. The molecule has 1 aromatic rings. The Balaban J connectivity index is 1.49. The van der Waals surface area contributed by atoms with Gasteiger partial charge < -0.3 is 20.4 Å². The van der Waals surface area contributed by atoms with Crippen LogP contribution < -0.4 is 15.5 Å². The molecular formula is C20H28F3N5O2. The molecule has 30 heavy (non-hydrogen) atoms. The minimum atomic E-state index is -4.48. The molecule has 1 aromatic heterocycles. The maximum absolute atomic E-state index is 12.5. The van der Waals surface area contributed by atoms with Crippen LogP contribution >= 0.6 is 0 Å². The van der Waals surface area contributed by atoms with Crippen LogP contribution in [0.15, 0.2) is 18.3 Å². The number of hydrogen-bond acceptors (Lipinski definition) is 4. The van der Waals surface area contributed by atoms with Crippen LogP contribution in [0, 0.1) is 5.92 Å². The zero-order valence-electron chi connectivity index (χ0n) is 17.0. The van der Waals surface area contributed by atoms with Crippen molar-refractivity contribution < 1.29 is 22.8 Å². The van der Waals surface area contributed by atoms with Gasteiger partial charge in [-0.25, -0.2) is 9.78 Å². The predicted octanol–water partition coefficient (Wildman–Crippen LogP) is 2.67. The minimum absolute atomic E-state index is 0.233. The van der Waals surface area contributed by atoms with Gasteiger partial charge in [0.2, 0.25) is 5.91 Å². The minimum Gasteiger partial charge on any atom is -0.357 e. The summed E-state index contributed by atoms with van der Waals surface area (Å²) in [5.41, 5.74) is 0.815. The number of hydrogen-bond donors (Lipinski definition) is 2. The average Bonchev–Trinajstić information content (AvgIpc) is 3.21. The van der Waals surface area contributed by atoms with Crippen LogP contribution in [0.2, 0.25) is 0 Å². The van der Waals surface area contributed by atoms with Gasteiger partial charge in [-0.15, -0.1) is 0 Å². The molecule has 3 heterocycles. The first-order chi connectivity index (χ1) is 14.2. The third kappa shape index (κ3) is 5.99. The van der Waals surface area contributed by atoms with Gasteiger partial charge in [0.25, 0.3) is 0 Å². The number of carbonyl (C=O) groups excluding carboxylic acids is 2. The first-order valence-electron chi connectivity index (χ1n) is 10.3. The molecule has 1 atom stereocenters. The number of aromatic nitrogens is 1. The van der Waals surface area contributed by atoms with Crippen LogP contribution in [0.3, 0.4) is 0 Å². The third-order valence-corrected chi connectivity index (χ3v) is 5.64. The lowest BCUT2D eigenvalue weighted by molar-refractivity contribution is -0.140. The Hall–Kier alpha value is -2.52. The van der Waals surface area contributed by atoms with Gasteiger partial charge in [-0.05, 0) is 43.2 Å². The number of pyridine rings is 1. The Labute approximate surface area is 174 Å². The second-order valence-electron chi connectivity index (χ2n) is 8.04. The summed E-state index contributed by atoms with van der Waals surface area (Å²) in [7, 11) is 0. The van der Waals surface area contributed by atoms with Crippen LogP contribution in [0.5, 0.6) is 0 Å². The maximum atomic E-state index is 12.5. The number of alkyl halides is 3. The largest absolute Gasteiger partial charge is 0.405 e. The fourth-order valence-corrected chi connectivity index (χ4v) is 3.81. The van der Waals surface area contributed by atoms with Crippen molar-refractivity contribution in [1.29, 1.82) is 0 Å². The van der Waals surface area contributed by atoms with E-state index in [1.54, 1.807) is 6.20 Å². The van der Waals surface area contributed by atoms with Gasteiger partial charge in [0.05, 0.1) is 0 Å². The number of piperidine rings is 1. The number of rotatable bonds is 5. The van der Waals surface area contributed by atoms with Crippen molar-refractivity contribution in [3.05, 3.63) is 23.9 Å². The number of amides is 3. The first-order valence-corrected chi connectivity index (χ1v) is 10.3. The van der Waals surface area contributed by atoms with E-state index in [1.807, 2.05) is 17.4 Å². The molecule has 3 rings (SSSR count). The van der Waals surface area contributed by atoms with Gasteiger partial charge in [-0.1, -0.05) is 13.0 Å². The lowest BCUT2D eigenvalue weighted by atomic mass is 9.99. The van der Waals surface area contributed by atoms with Gasteiger partial charge >= 0.3 is 12.2 Å². The molecule has 3 amide bonds. The van der Waals surface area contributed by atoms with Crippen LogP contribution in [-0.4, -0.2) is 60.2 Å². The Morgan fingerprint density at radius 1 is 1.13 bits per heavy atom. The lowest BCUT2D eigenvalue weighted by Gasteiger charge is -2.31. The molecule has 0 bridgehead atoms. The number of nitrogens with one attached hydrogen (secondary N) is 2. The normalized spacial score (nSPS) is 20.3. The highest BCUT2D eigenvalue weighted by Gasteiger charge is 2.36. The van der Waals surface area contributed by atoms with E-state index >= 15 is 0 Å². The van der Waals surface area contributed by atoms with Gasteiger partial charge in [0.1, 0.15) is 18.4 Å². The molecule has 7 nitrogen and oxygen atoms in total. The number of halogens is 3. The van der Waals surface area contributed by atoms with E-state index in [4.69, 9.17) is 0 Å². The SMILES string of the molecule is CC1CCN(c2ccc(CNC(=O)N3CCCC3C(=O)NCC(F)(F)F)cn2)CC1. The molecule has 166 valence electrons. The number of urea groups is 1. The Kier molecular flexibility index (Phi) is 7.04. The smallest absolute Gasteiger partial charge is 0.357 e. The predicted molar refractivity (Wildman–Crippen MR) is 106 cm³/mol. The van der Waals surface area contributed by atoms with Crippen LogP contribution in [-0.2, 0) is 11.3 Å². The zero-order valence-corrected chi connectivity index (χ0v) is 17.0. The molecule has 0 spiro atoms. The molecule has 10 heteroatoms. The number of anilines is 1. The van der Waals surface area contributed by atoms with E-state index in [-0.39, 0.29) is 6.54 Å². The molecule has 0 saturated carbocycles. The summed E-state index contributed by atoms with van der Waals surface area (Å²) >= 11 is 0. The van der Waals surface area contributed by atoms with Crippen LogP contribution in [0.25, 0.3) is 0 Å². The number of likely N-dealkylation sites (tertiary alicyclic amines) is 1. The van der Waals surface area contributed by atoms with Crippen LogP contribution in [0.4, 0.5) is 23.8 Å². The Bertz CT molecular complexity index is 733. The first kappa shape index (κ1) is 22.2. The number of carbonyl (C=O) groups is 2. The van der Waals surface area contributed by atoms with Gasteiger partial charge in [-0.3, -0.25) is 4.79 Å². The van der Waals surface area contributed by atoms with E-state index in [1.165, 1.54) is 4.90 Å². The summed E-state index contributed by atoms with van der Waals surface area (Å²) in [6, 6.07) is 2.49. The highest BCUT2D eigenvalue weighted by atomic mass is 19.4. The third-order valence-electron chi connectivity index (χ3n) is 5.64. The van der Waals surface area contributed by atoms with Crippen molar-refractivity contribution >= 4 is 17.8 Å². The van der Waals surface area contributed by atoms with Crippen molar-refractivity contribution in [2.24, 2.45) is 5.92 Å². The summed E-state index contributed by atoms with van der Waals surface area (Å²) in [5, 5.41) is 4.60. The molecule has 2 N–H and O–H groups in total. The maximum Gasteiger partial charge on any atom is 0.405 e. The summed E-state index contributed by atoms with van der Waals surface area (Å²) in [6.07, 6.45) is 0.447. The molecule has 2 saturated heterocycles. The fraction of sp³-hybridized carbons (Fsp3) is 0.650. The monoisotopic (exact) mass is 427 g/mol. The van der Waals surface area contributed by atoms with Crippen LogP contribution in [0.1, 0.15) is 38.2 Å². The highest BCUT2D eigenvalue weighted by molar-refractivity contribution is 5.87. The molecule has 0 aliphatic carbocycles. The molecule has 2 aliphatic rings. The quantitative estimate of drug-likeness (QED) is 0.758. The van der Waals surface area contributed by atoms with Crippen molar-refractivity contribution in [2.75, 3.05) is 31.1 Å². The summed E-state index contributed by atoms with van der Waals surface area (Å²) < 4.78 is 36.9. The van der Waals surface area contributed by atoms with Crippen molar-refractivity contribution in [3.8, 4) is 0 Å². The van der Waals surface area contributed by atoms with Gasteiger partial charge in [0.15, 0.2) is 0 Å². The highest BCUT2D eigenvalue weighted by Crippen LogP contribution is 2.22. The molecular weight excluding hydrogens is 399 g/mol. The second kappa shape index (κ2) is 9.53. The molecule has 0 radical (unpaired) electrons. The standard InChI is InChI=1S/C20H28F3N5O2/c1-14-6-9-27(10-7-14)17-5-4-15(11-24-17)12-25-19(30)28-8-2-3-16(28)18(29)26-13-20(21,22)23/h4-5,11,14,16H,2-3,6-10,12-13H2,1H3,(H,25,30)(H,26,29). The summed E-state index contributed by atoms with van der Waals surface area (Å²) in [4.78, 5) is 32.5. The van der Waals surface area contributed by atoms with E-state index in [2.05, 4.69) is 22.1 Å². The molecule has 2 fully saturated rings. The Morgan fingerprint density at radius 2 is 1.87 bits per heavy atom. The van der Waals surface area contributed by atoms with E-state index in [0.717, 1.165) is 43.2 Å². The van der Waals surface area contributed by atoms with Crippen molar-refractivity contribution in [3.63, 3.8) is 0 Å². The van der Waals surface area contributed by atoms with Gasteiger partial charge in [-0.2, -0.15) is 13.2 Å². The van der Waals surface area contributed by atoms with E-state index in [9.17, 15) is 22.8 Å². The van der Waals surface area contributed by atoms with E-state index < -0.39 is 30.7 Å². The molecule has 2 aliphatic heterocycles. The fourth-order valence-electron chi connectivity index (χ4n) is 3.81. The zero-order chi connectivity index (χ0) is 21.7. The lowest BCUT2D eigenvalue weighted by Crippen LogP contribution is -2.50. The van der Waals surface area contributed by atoms with Gasteiger partial charge in [0, 0.05) is 32.4 Å². The molecule has 0 aromatic carbocycles. The molecule has 1 unspecified atom stereocenters. The van der Waals surface area contributed by atoms with E-state index in [0.29, 0.717) is 19.4 Å². The summed E-state index contributed by atoms with van der Waals surface area (Å²) in [6.45, 7) is 3.39. The number of nitrogens with zero attached hydrogens (tertiary/aromatic N) is 3.